The summed E-state index contributed by atoms with van der Waals surface area (Å²) in [5.74, 6) is -1.39. The highest BCUT2D eigenvalue weighted by molar-refractivity contribution is 14.1. The van der Waals surface area contributed by atoms with Crippen molar-refractivity contribution in [2.75, 3.05) is 14.2 Å². The predicted molar refractivity (Wildman–Crippen MR) is 81.7 cm³/mol. The van der Waals surface area contributed by atoms with Crippen LogP contribution in [0.1, 0.15) is 5.56 Å². The van der Waals surface area contributed by atoms with E-state index in [2.05, 4.69) is 4.74 Å². The van der Waals surface area contributed by atoms with Crippen LogP contribution in [0.25, 0.3) is 5.57 Å². The van der Waals surface area contributed by atoms with E-state index < -0.39 is 11.9 Å². The van der Waals surface area contributed by atoms with Crippen LogP contribution < -0.4 is 4.74 Å². The number of cyclic esters (lactones) is 1. The molecule has 21 heavy (non-hydrogen) atoms. The Morgan fingerprint density at radius 1 is 1.24 bits per heavy atom. The van der Waals surface area contributed by atoms with Gasteiger partial charge in [0, 0.05) is 0 Å². The summed E-state index contributed by atoms with van der Waals surface area (Å²) in [6.07, 6.45) is 0. The summed E-state index contributed by atoms with van der Waals surface area (Å²) in [7, 11) is 2.72. The van der Waals surface area contributed by atoms with Gasteiger partial charge in [-0.15, -0.1) is 0 Å². The molecule has 0 unspecified atom stereocenters. The summed E-state index contributed by atoms with van der Waals surface area (Å²) >= 11 is 1.65. The first kappa shape index (κ1) is 15.4. The SMILES string of the molecule is COC(=O)/C(I)=C1/OC(=O)C(c2ccc(OC)cc2)=C1O. The minimum absolute atomic E-state index is 0.00859. The van der Waals surface area contributed by atoms with Gasteiger partial charge in [0.25, 0.3) is 0 Å². The third kappa shape index (κ3) is 2.87. The lowest BCUT2D eigenvalue weighted by molar-refractivity contribution is -0.135. The third-order valence-corrected chi connectivity index (χ3v) is 3.72. The highest BCUT2D eigenvalue weighted by Gasteiger charge is 2.34. The van der Waals surface area contributed by atoms with Crippen LogP contribution in [0.3, 0.4) is 0 Å². The Balaban J connectivity index is 2.49. The van der Waals surface area contributed by atoms with Crippen molar-refractivity contribution in [2.24, 2.45) is 0 Å². The van der Waals surface area contributed by atoms with Crippen molar-refractivity contribution >= 4 is 40.1 Å². The molecule has 0 bridgehead atoms. The minimum Gasteiger partial charge on any atom is -0.504 e. The van der Waals surface area contributed by atoms with Crippen LogP contribution in [-0.2, 0) is 19.1 Å². The molecule has 1 N–H and O–H groups in total. The van der Waals surface area contributed by atoms with Crippen molar-refractivity contribution in [3.8, 4) is 5.75 Å². The van der Waals surface area contributed by atoms with E-state index in [4.69, 9.17) is 9.47 Å². The van der Waals surface area contributed by atoms with Crippen molar-refractivity contribution in [2.45, 2.75) is 0 Å². The number of hydrogen-bond acceptors (Lipinski definition) is 6. The van der Waals surface area contributed by atoms with Gasteiger partial charge in [-0.1, -0.05) is 12.1 Å². The van der Waals surface area contributed by atoms with E-state index >= 15 is 0 Å². The van der Waals surface area contributed by atoms with Crippen LogP contribution in [0.4, 0.5) is 0 Å². The summed E-state index contributed by atoms with van der Waals surface area (Å²) in [4.78, 5) is 23.4. The van der Waals surface area contributed by atoms with Crippen LogP contribution in [0.5, 0.6) is 5.75 Å². The monoisotopic (exact) mass is 402 g/mol. The zero-order valence-corrected chi connectivity index (χ0v) is 13.3. The van der Waals surface area contributed by atoms with Gasteiger partial charge < -0.3 is 19.3 Å². The highest BCUT2D eigenvalue weighted by atomic mass is 127. The molecule has 1 aliphatic rings. The largest absolute Gasteiger partial charge is 0.504 e. The maximum absolute atomic E-state index is 11.9. The fourth-order valence-electron chi connectivity index (χ4n) is 1.75. The first-order valence-electron chi connectivity index (χ1n) is 5.78. The van der Waals surface area contributed by atoms with Gasteiger partial charge in [-0.25, -0.2) is 9.59 Å². The molecule has 1 aromatic carbocycles. The van der Waals surface area contributed by atoms with Crippen molar-refractivity contribution in [3.63, 3.8) is 0 Å². The Labute approximate surface area is 134 Å². The quantitative estimate of drug-likeness (QED) is 0.475. The van der Waals surface area contributed by atoms with Gasteiger partial charge in [0.1, 0.15) is 14.9 Å². The fourth-order valence-corrected chi connectivity index (χ4v) is 2.33. The van der Waals surface area contributed by atoms with Gasteiger partial charge in [0.15, 0.2) is 11.5 Å². The Hall–Kier alpha value is -2.03. The van der Waals surface area contributed by atoms with Crippen LogP contribution in [0.15, 0.2) is 39.4 Å². The van der Waals surface area contributed by atoms with Crippen LogP contribution in [0.2, 0.25) is 0 Å². The normalized spacial score (nSPS) is 16.6. The van der Waals surface area contributed by atoms with E-state index in [1.807, 2.05) is 0 Å². The molecule has 0 atom stereocenters. The molecule has 0 aliphatic carbocycles. The van der Waals surface area contributed by atoms with Crippen molar-refractivity contribution in [1.29, 1.82) is 0 Å². The van der Waals surface area contributed by atoms with Gasteiger partial charge in [-0.2, -0.15) is 0 Å². The summed E-state index contributed by atoms with van der Waals surface area (Å²) in [6, 6.07) is 6.52. The number of carbonyl (C=O) groups is 2. The lowest BCUT2D eigenvalue weighted by atomic mass is 10.1. The number of benzene rings is 1. The summed E-state index contributed by atoms with van der Waals surface area (Å²) in [6.45, 7) is 0. The molecule has 7 heteroatoms. The Kier molecular flexibility index (Phi) is 4.51. The molecule has 1 heterocycles. The van der Waals surface area contributed by atoms with Gasteiger partial charge >= 0.3 is 11.9 Å². The standard InChI is InChI=1S/C14H11IO6/c1-19-8-5-3-7(4-6-8)9-11(16)12(21-13(9)17)10(15)14(18)20-2/h3-6,16H,1-2H3/b12-10-. The van der Waals surface area contributed by atoms with Gasteiger partial charge in [-0.3, -0.25) is 0 Å². The molecule has 1 aliphatic heterocycles. The van der Waals surface area contributed by atoms with Crippen molar-refractivity contribution < 1.29 is 28.9 Å². The first-order valence-corrected chi connectivity index (χ1v) is 6.85. The molecule has 0 amide bonds. The van der Waals surface area contributed by atoms with E-state index in [-0.39, 0.29) is 20.7 Å². The number of methoxy groups -OCH3 is 2. The molecule has 0 saturated carbocycles. The second-order valence-electron chi connectivity index (χ2n) is 3.98. The number of hydrogen-bond donors (Lipinski definition) is 1. The molecular formula is C14H11IO6. The second-order valence-corrected chi connectivity index (χ2v) is 5.06. The van der Waals surface area contributed by atoms with Gasteiger partial charge in [0.2, 0.25) is 0 Å². The third-order valence-electron chi connectivity index (χ3n) is 2.79. The summed E-state index contributed by atoms with van der Waals surface area (Å²) < 4.78 is 14.5. The molecule has 2 rings (SSSR count). The number of esters is 2. The number of halogens is 1. The smallest absolute Gasteiger partial charge is 0.348 e. The molecule has 0 radical (unpaired) electrons. The molecule has 6 nitrogen and oxygen atoms in total. The molecule has 0 saturated heterocycles. The van der Waals surface area contributed by atoms with Gasteiger partial charge in [0.05, 0.1) is 14.2 Å². The topological polar surface area (TPSA) is 82.1 Å². The summed E-state index contributed by atoms with van der Waals surface area (Å²) in [5, 5.41) is 10.1. The molecule has 110 valence electrons. The zero-order valence-electron chi connectivity index (χ0n) is 11.2. The number of aliphatic hydroxyl groups excluding tert-OH is 1. The second kappa shape index (κ2) is 6.17. The lowest BCUT2D eigenvalue weighted by Gasteiger charge is -2.02. The van der Waals surface area contributed by atoms with E-state index in [9.17, 15) is 14.7 Å². The maximum atomic E-state index is 11.9. The van der Waals surface area contributed by atoms with E-state index in [1.54, 1.807) is 46.9 Å². The Bertz CT molecular complexity index is 657. The number of rotatable bonds is 3. The van der Waals surface area contributed by atoms with Crippen LogP contribution >= 0.6 is 22.6 Å². The number of carbonyl (C=O) groups excluding carboxylic acids is 2. The van der Waals surface area contributed by atoms with Crippen molar-refractivity contribution in [3.05, 3.63) is 44.9 Å². The van der Waals surface area contributed by atoms with E-state index in [0.717, 1.165) is 0 Å². The number of ether oxygens (including phenoxy) is 3. The average molecular weight is 402 g/mol. The Morgan fingerprint density at radius 2 is 1.86 bits per heavy atom. The lowest BCUT2D eigenvalue weighted by Crippen LogP contribution is -2.04. The Morgan fingerprint density at radius 3 is 2.38 bits per heavy atom. The zero-order chi connectivity index (χ0) is 15.6. The number of aliphatic hydroxyl groups is 1. The molecule has 0 fully saturated rings. The first-order chi connectivity index (χ1) is 9.99. The molecule has 0 aromatic heterocycles. The van der Waals surface area contributed by atoms with Crippen LogP contribution in [-0.4, -0.2) is 31.3 Å². The minimum atomic E-state index is -0.731. The maximum Gasteiger partial charge on any atom is 0.348 e. The van der Waals surface area contributed by atoms with Crippen LogP contribution in [0, 0.1) is 0 Å². The fraction of sp³-hybridized carbons (Fsp3) is 0.143. The molecule has 1 aromatic rings. The average Bonchev–Trinajstić information content (AvgIpc) is 2.80. The molecular weight excluding hydrogens is 391 g/mol. The van der Waals surface area contributed by atoms with E-state index in [0.29, 0.717) is 11.3 Å². The predicted octanol–water partition coefficient (Wildman–Crippen LogP) is 2.34. The summed E-state index contributed by atoms with van der Waals surface area (Å²) in [5.41, 5.74) is 0.452. The van der Waals surface area contributed by atoms with Crippen molar-refractivity contribution in [1.82, 2.24) is 0 Å². The van der Waals surface area contributed by atoms with E-state index in [1.165, 1.54) is 14.2 Å². The highest BCUT2D eigenvalue weighted by Crippen LogP contribution is 2.35. The van der Waals surface area contributed by atoms with Gasteiger partial charge in [-0.05, 0) is 40.3 Å². The molecule has 0 spiro atoms.